The predicted octanol–water partition coefficient (Wildman–Crippen LogP) is 1.97. The molecule has 2 aliphatic rings. The molecule has 1 saturated carbocycles. The van der Waals surface area contributed by atoms with Crippen molar-refractivity contribution in [3.05, 3.63) is 36.2 Å². The highest BCUT2D eigenvalue weighted by molar-refractivity contribution is 5.30. The van der Waals surface area contributed by atoms with E-state index < -0.39 is 0 Å². The number of pyridine rings is 1. The average Bonchev–Trinajstić information content (AvgIpc) is 3.34. The van der Waals surface area contributed by atoms with Crippen LogP contribution in [0.2, 0.25) is 0 Å². The van der Waals surface area contributed by atoms with Gasteiger partial charge in [-0.2, -0.15) is 5.10 Å². The van der Waals surface area contributed by atoms with E-state index in [0.717, 1.165) is 43.4 Å². The van der Waals surface area contributed by atoms with Crippen LogP contribution in [0.4, 0.5) is 0 Å². The lowest BCUT2D eigenvalue weighted by Gasteiger charge is -2.18. The summed E-state index contributed by atoms with van der Waals surface area (Å²) in [6.07, 6.45) is 7.90. The first-order chi connectivity index (χ1) is 10.8. The highest BCUT2D eigenvalue weighted by Gasteiger charge is 2.34. The Kier molecular flexibility index (Phi) is 3.63. The molecule has 6 heteroatoms. The van der Waals surface area contributed by atoms with E-state index >= 15 is 0 Å². The molecule has 0 aromatic carbocycles. The summed E-state index contributed by atoms with van der Waals surface area (Å²) in [6, 6.07) is 3.87. The van der Waals surface area contributed by atoms with Crippen molar-refractivity contribution < 1.29 is 4.74 Å². The van der Waals surface area contributed by atoms with Gasteiger partial charge in [0, 0.05) is 31.5 Å². The first-order valence-corrected chi connectivity index (χ1v) is 8.03. The van der Waals surface area contributed by atoms with Gasteiger partial charge in [0.25, 0.3) is 0 Å². The van der Waals surface area contributed by atoms with Gasteiger partial charge in [0.05, 0.1) is 11.7 Å². The molecule has 0 bridgehead atoms. The molecule has 0 amide bonds. The number of hydrogen-bond acceptors (Lipinski definition) is 5. The van der Waals surface area contributed by atoms with E-state index in [4.69, 9.17) is 20.6 Å². The average molecular weight is 299 g/mol. The number of nitrogens with zero attached hydrogens (tertiary/aromatic N) is 4. The molecular weight excluding hydrogens is 278 g/mol. The molecular formula is C16H21N5O. The van der Waals surface area contributed by atoms with Gasteiger partial charge in [-0.05, 0) is 43.7 Å². The van der Waals surface area contributed by atoms with Gasteiger partial charge in [-0.15, -0.1) is 0 Å². The fraction of sp³-hybridized carbons (Fsp3) is 0.562. The predicted molar refractivity (Wildman–Crippen MR) is 81.6 cm³/mol. The molecule has 116 valence electrons. The second kappa shape index (κ2) is 5.78. The molecule has 1 aliphatic heterocycles. The van der Waals surface area contributed by atoms with Crippen molar-refractivity contribution in [3.8, 4) is 5.69 Å². The van der Waals surface area contributed by atoms with Crippen LogP contribution in [0.3, 0.4) is 0 Å². The summed E-state index contributed by atoms with van der Waals surface area (Å²) >= 11 is 0. The summed E-state index contributed by atoms with van der Waals surface area (Å²) in [5, 5.41) is 4.78. The number of hydrogen-bond donors (Lipinski definition) is 1. The molecule has 2 fully saturated rings. The third-order valence-corrected chi connectivity index (χ3v) is 4.57. The van der Waals surface area contributed by atoms with Crippen molar-refractivity contribution in [1.82, 2.24) is 19.7 Å². The number of rotatable bonds is 4. The third kappa shape index (κ3) is 2.64. The molecule has 1 saturated heterocycles. The van der Waals surface area contributed by atoms with Gasteiger partial charge in [0.2, 0.25) is 0 Å². The maximum absolute atomic E-state index is 6.42. The maximum Gasteiger partial charge on any atom is 0.154 e. The Morgan fingerprint density at radius 1 is 1.14 bits per heavy atom. The van der Waals surface area contributed by atoms with Crippen molar-refractivity contribution >= 4 is 0 Å². The Balaban J connectivity index is 1.72. The Morgan fingerprint density at radius 3 is 2.55 bits per heavy atom. The Morgan fingerprint density at radius 2 is 1.86 bits per heavy atom. The largest absolute Gasteiger partial charge is 0.381 e. The smallest absolute Gasteiger partial charge is 0.154 e. The summed E-state index contributed by atoms with van der Waals surface area (Å²) in [5.41, 5.74) is 7.40. The fourth-order valence-corrected chi connectivity index (χ4v) is 3.03. The van der Waals surface area contributed by atoms with Gasteiger partial charge in [0.1, 0.15) is 5.82 Å². The summed E-state index contributed by atoms with van der Waals surface area (Å²) < 4.78 is 7.36. The van der Waals surface area contributed by atoms with Crippen LogP contribution in [0.5, 0.6) is 0 Å². The molecule has 2 aromatic rings. The van der Waals surface area contributed by atoms with Crippen LogP contribution < -0.4 is 5.73 Å². The first-order valence-electron chi connectivity index (χ1n) is 8.03. The van der Waals surface area contributed by atoms with Gasteiger partial charge in [0.15, 0.2) is 5.82 Å². The molecule has 6 nitrogen and oxygen atoms in total. The van der Waals surface area contributed by atoms with Gasteiger partial charge in [-0.1, -0.05) is 0 Å². The highest BCUT2D eigenvalue weighted by Crippen LogP contribution is 2.39. The summed E-state index contributed by atoms with van der Waals surface area (Å²) in [7, 11) is 0. The zero-order chi connectivity index (χ0) is 14.9. The number of aromatic nitrogens is 4. The number of ether oxygens (including phenoxy) is 1. The van der Waals surface area contributed by atoms with Gasteiger partial charge >= 0.3 is 0 Å². The van der Waals surface area contributed by atoms with Crippen molar-refractivity contribution in [3.63, 3.8) is 0 Å². The van der Waals surface area contributed by atoms with Crippen LogP contribution in [0, 0.1) is 5.92 Å². The lowest BCUT2D eigenvalue weighted by Crippen LogP contribution is -2.18. The van der Waals surface area contributed by atoms with Crippen LogP contribution in [0.1, 0.15) is 49.3 Å². The second-order valence-electron chi connectivity index (χ2n) is 6.20. The normalized spacial score (nSPS) is 21.0. The van der Waals surface area contributed by atoms with Gasteiger partial charge < -0.3 is 10.5 Å². The van der Waals surface area contributed by atoms with E-state index in [9.17, 15) is 0 Å². The van der Waals surface area contributed by atoms with Crippen molar-refractivity contribution in [2.45, 2.75) is 37.6 Å². The molecule has 0 unspecified atom stereocenters. The van der Waals surface area contributed by atoms with E-state index in [-0.39, 0.29) is 6.04 Å². The molecule has 2 aromatic heterocycles. The van der Waals surface area contributed by atoms with Gasteiger partial charge in [-0.25, -0.2) is 9.67 Å². The van der Waals surface area contributed by atoms with Crippen LogP contribution in [-0.2, 0) is 4.74 Å². The fourth-order valence-electron chi connectivity index (χ4n) is 3.03. The van der Waals surface area contributed by atoms with Crippen molar-refractivity contribution in [2.24, 2.45) is 11.7 Å². The van der Waals surface area contributed by atoms with E-state index in [1.807, 2.05) is 16.8 Å². The molecule has 1 atom stereocenters. The Labute approximate surface area is 129 Å². The lowest BCUT2D eigenvalue weighted by atomic mass is 10.00. The molecule has 0 spiro atoms. The zero-order valence-electron chi connectivity index (χ0n) is 12.6. The van der Waals surface area contributed by atoms with Crippen LogP contribution in [0.15, 0.2) is 24.5 Å². The molecule has 2 N–H and O–H groups in total. The first kappa shape index (κ1) is 13.8. The Hall–Kier alpha value is -1.79. The minimum absolute atomic E-state index is 0.0331. The van der Waals surface area contributed by atoms with Crippen LogP contribution in [-0.4, -0.2) is 33.0 Å². The standard InChI is InChI=1S/C16H21N5O/c17-14(11-1-2-11)16-19-15(12-5-9-22-10-6-12)20-21(16)13-3-7-18-8-4-13/h3-4,7-8,11-12,14H,1-2,5-6,9-10,17H2/t14-/m0/s1. The zero-order valence-corrected chi connectivity index (χ0v) is 12.6. The SMILES string of the molecule is N[C@H](c1nc(C2CCOCC2)nn1-c1ccncc1)C1CC1. The van der Waals surface area contributed by atoms with E-state index in [2.05, 4.69) is 4.98 Å². The molecule has 0 radical (unpaired) electrons. The quantitative estimate of drug-likeness (QED) is 0.933. The summed E-state index contributed by atoms with van der Waals surface area (Å²) in [5.74, 6) is 2.72. The summed E-state index contributed by atoms with van der Waals surface area (Å²) in [6.45, 7) is 1.58. The molecule has 22 heavy (non-hydrogen) atoms. The number of nitrogens with two attached hydrogens (primary N) is 1. The van der Waals surface area contributed by atoms with Crippen LogP contribution >= 0.6 is 0 Å². The monoisotopic (exact) mass is 299 g/mol. The maximum atomic E-state index is 6.42. The lowest BCUT2D eigenvalue weighted by molar-refractivity contribution is 0.0836. The minimum Gasteiger partial charge on any atom is -0.381 e. The molecule has 1 aliphatic carbocycles. The third-order valence-electron chi connectivity index (χ3n) is 4.57. The molecule has 3 heterocycles. The van der Waals surface area contributed by atoms with E-state index in [0.29, 0.717) is 11.8 Å². The molecule has 4 rings (SSSR count). The van der Waals surface area contributed by atoms with E-state index in [1.165, 1.54) is 12.8 Å². The Bertz CT molecular complexity index is 631. The van der Waals surface area contributed by atoms with Gasteiger partial charge in [-0.3, -0.25) is 4.98 Å². The summed E-state index contributed by atoms with van der Waals surface area (Å²) in [4.78, 5) is 8.90. The second-order valence-corrected chi connectivity index (χ2v) is 6.20. The van der Waals surface area contributed by atoms with Crippen LogP contribution in [0.25, 0.3) is 5.69 Å². The van der Waals surface area contributed by atoms with E-state index in [1.54, 1.807) is 12.4 Å². The minimum atomic E-state index is -0.0331. The van der Waals surface area contributed by atoms with Crippen molar-refractivity contribution in [1.29, 1.82) is 0 Å². The van der Waals surface area contributed by atoms with Crippen molar-refractivity contribution in [2.75, 3.05) is 13.2 Å². The topological polar surface area (TPSA) is 78.9 Å². The highest BCUT2D eigenvalue weighted by atomic mass is 16.5.